The summed E-state index contributed by atoms with van der Waals surface area (Å²) < 4.78 is 32.9. The van der Waals surface area contributed by atoms with E-state index in [2.05, 4.69) is 5.32 Å². The van der Waals surface area contributed by atoms with Gasteiger partial charge in [-0.15, -0.1) is 0 Å². The molecular formula is C13H24F2N2O2. The lowest BCUT2D eigenvalue weighted by atomic mass is 9.86. The average Bonchev–Trinajstić information content (AvgIpc) is 2.24. The maximum Gasteiger partial charge on any atom is 0.410 e. The van der Waals surface area contributed by atoms with Gasteiger partial charge >= 0.3 is 6.09 Å². The molecule has 0 spiro atoms. The average molecular weight is 278 g/mol. The Hall–Kier alpha value is -0.910. The molecule has 0 aromatic rings. The lowest BCUT2D eigenvalue weighted by molar-refractivity contribution is -0.0897. The van der Waals surface area contributed by atoms with E-state index in [0.29, 0.717) is 12.8 Å². The molecule has 0 aromatic heterocycles. The minimum Gasteiger partial charge on any atom is -0.444 e. The number of rotatable bonds is 2. The minimum atomic E-state index is -2.80. The molecule has 0 saturated heterocycles. The molecule has 0 heterocycles. The van der Waals surface area contributed by atoms with Gasteiger partial charge in [-0.3, -0.25) is 0 Å². The molecule has 0 aliphatic heterocycles. The highest BCUT2D eigenvalue weighted by Gasteiger charge is 2.48. The Morgan fingerprint density at radius 2 is 2.00 bits per heavy atom. The van der Waals surface area contributed by atoms with Gasteiger partial charge in [0, 0.05) is 13.5 Å². The number of nitrogens with zero attached hydrogens (tertiary/aromatic N) is 1. The Morgan fingerprint density at radius 1 is 1.42 bits per heavy atom. The lowest BCUT2D eigenvalue weighted by Gasteiger charge is -2.42. The van der Waals surface area contributed by atoms with Gasteiger partial charge in [0.05, 0.1) is 12.1 Å². The first-order valence-electron chi connectivity index (χ1n) is 6.59. The van der Waals surface area contributed by atoms with Crippen LogP contribution in [-0.2, 0) is 4.74 Å². The number of hydrogen-bond donors (Lipinski definition) is 1. The number of nitrogens with one attached hydrogen (secondary N) is 1. The van der Waals surface area contributed by atoms with E-state index in [9.17, 15) is 13.6 Å². The van der Waals surface area contributed by atoms with Crippen molar-refractivity contribution in [2.45, 2.75) is 63.6 Å². The molecule has 19 heavy (non-hydrogen) atoms. The van der Waals surface area contributed by atoms with Crippen LogP contribution in [0, 0.1) is 0 Å². The van der Waals surface area contributed by atoms with E-state index in [4.69, 9.17) is 4.74 Å². The van der Waals surface area contributed by atoms with Crippen LogP contribution in [0.3, 0.4) is 0 Å². The van der Waals surface area contributed by atoms with Crippen molar-refractivity contribution < 1.29 is 18.3 Å². The standard InChI is InChI=1S/C13H24F2N2O2/c1-12(2,3)19-11(18)17(5)9-7-6-8-13(14,15)10(9)16-4/h9-10,16H,6-8H2,1-5H3/t9-,10-/m0/s1. The Labute approximate surface area is 113 Å². The van der Waals surface area contributed by atoms with E-state index in [1.807, 2.05) is 0 Å². The van der Waals surface area contributed by atoms with Crippen molar-refractivity contribution in [3.8, 4) is 0 Å². The van der Waals surface area contributed by atoms with Crippen molar-refractivity contribution >= 4 is 6.09 Å². The van der Waals surface area contributed by atoms with Crippen molar-refractivity contribution in [1.82, 2.24) is 10.2 Å². The molecule has 112 valence electrons. The molecule has 6 heteroatoms. The van der Waals surface area contributed by atoms with Crippen molar-refractivity contribution in [3.05, 3.63) is 0 Å². The van der Waals surface area contributed by atoms with Crippen LogP contribution in [0.2, 0.25) is 0 Å². The summed E-state index contributed by atoms with van der Waals surface area (Å²) in [5.41, 5.74) is -0.627. The van der Waals surface area contributed by atoms with Crippen LogP contribution in [0.4, 0.5) is 13.6 Å². The second-order valence-electron chi connectivity index (χ2n) is 6.08. The number of hydrogen-bond acceptors (Lipinski definition) is 3. The van der Waals surface area contributed by atoms with Crippen LogP contribution in [0.1, 0.15) is 40.0 Å². The number of alkyl halides is 2. The van der Waals surface area contributed by atoms with Gasteiger partial charge in [0.1, 0.15) is 5.60 Å². The molecule has 0 unspecified atom stereocenters. The summed E-state index contributed by atoms with van der Waals surface area (Å²) in [6.45, 7) is 5.26. The quantitative estimate of drug-likeness (QED) is 0.844. The summed E-state index contributed by atoms with van der Waals surface area (Å²) in [6, 6.07) is -1.58. The Kier molecular flexibility index (Phi) is 4.76. The van der Waals surface area contributed by atoms with Gasteiger partial charge in [-0.25, -0.2) is 13.6 Å². The smallest absolute Gasteiger partial charge is 0.410 e. The number of carbonyl (C=O) groups excluding carboxylic acids is 1. The molecule has 0 radical (unpaired) electrons. The Morgan fingerprint density at radius 3 is 2.47 bits per heavy atom. The van der Waals surface area contributed by atoms with Crippen molar-refractivity contribution in [2.24, 2.45) is 0 Å². The van der Waals surface area contributed by atoms with E-state index in [1.54, 1.807) is 20.8 Å². The van der Waals surface area contributed by atoms with E-state index in [1.165, 1.54) is 19.0 Å². The van der Waals surface area contributed by atoms with E-state index < -0.39 is 29.7 Å². The van der Waals surface area contributed by atoms with E-state index in [0.717, 1.165) is 0 Å². The zero-order valence-electron chi connectivity index (χ0n) is 12.3. The third kappa shape index (κ3) is 4.03. The third-order valence-corrected chi connectivity index (χ3v) is 3.34. The Balaban J connectivity index is 2.79. The van der Waals surface area contributed by atoms with Gasteiger partial charge in [0.15, 0.2) is 0 Å². The Bertz CT molecular complexity index is 329. The molecular weight excluding hydrogens is 254 g/mol. The van der Waals surface area contributed by atoms with E-state index >= 15 is 0 Å². The molecule has 2 atom stereocenters. The van der Waals surface area contributed by atoms with Crippen molar-refractivity contribution in [1.29, 1.82) is 0 Å². The zero-order valence-corrected chi connectivity index (χ0v) is 12.3. The topological polar surface area (TPSA) is 41.6 Å². The van der Waals surface area contributed by atoms with Gasteiger partial charge in [0.2, 0.25) is 0 Å². The fourth-order valence-corrected chi connectivity index (χ4v) is 2.44. The number of amides is 1. The fourth-order valence-electron chi connectivity index (χ4n) is 2.44. The van der Waals surface area contributed by atoms with Crippen LogP contribution in [0.15, 0.2) is 0 Å². The highest BCUT2D eigenvalue weighted by atomic mass is 19.3. The minimum absolute atomic E-state index is 0.142. The number of likely N-dealkylation sites (N-methyl/N-ethyl adjacent to an activating group) is 2. The molecule has 1 aliphatic carbocycles. The van der Waals surface area contributed by atoms with Gasteiger partial charge < -0.3 is 15.0 Å². The molecule has 1 fully saturated rings. The van der Waals surface area contributed by atoms with Crippen LogP contribution in [-0.4, -0.2) is 48.7 Å². The molecule has 1 rings (SSSR count). The molecule has 1 saturated carbocycles. The van der Waals surface area contributed by atoms with Crippen molar-refractivity contribution in [3.63, 3.8) is 0 Å². The van der Waals surface area contributed by atoms with Gasteiger partial charge in [0.25, 0.3) is 5.92 Å². The van der Waals surface area contributed by atoms with Gasteiger partial charge in [-0.2, -0.15) is 0 Å². The van der Waals surface area contributed by atoms with Gasteiger partial charge in [-0.05, 0) is 40.7 Å². The van der Waals surface area contributed by atoms with Crippen LogP contribution in [0.5, 0.6) is 0 Å². The first-order valence-corrected chi connectivity index (χ1v) is 6.59. The largest absolute Gasteiger partial charge is 0.444 e. The summed E-state index contributed by atoms with van der Waals surface area (Å²) in [7, 11) is 3.02. The fraction of sp³-hybridized carbons (Fsp3) is 0.923. The first-order chi connectivity index (χ1) is 8.58. The maximum atomic E-state index is 13.8. The van der Waals surface area contributed by atoms with Crippen LogP contribution < -0.4 is 5.32 Å². The molecule has 1 N–H and O–H groups in total. The second-order valence-corrected chi connectivity index (χ2v) is 6.08. The molecule has 0 bridgehead atoms. The normalized spacial score (nSPS) is 26.9. The summed E-state index contributed by atoms with van der Waals surface area (Å²) >= 11 is 0. The second kappa shape index (κ2) is 5.61. The molecule has 0 aromatic carbocycles. The third-order valence-electron chi connectivity index (χ3n) is 3.34. The van der Waals surface area contributed by atoms with Crippen LogP contribution in [0.25, 0.3) is 0 Å². The number of carbonyl (C=O) groups is 1. The lowest BCUT2D eigenvalue weighted by Crippen LogP contribution is -2.60. The van der Waals surface area contributed by atoms with Crippen molar-refractivity contribution in [2.75, 3.05) is 14.1 Å². The van der Waals surface area contributed by atoms with E-state index in [-0.39, 0.29) is 6.42 Å². The van der Waals surface area contributed by atoms with Gasteiger partial charge in [-0.1, -0.05) is 0 Å². The summed E-state index contributed by atoms with van der Waals surface area (Å²) in [4.78, 5) is 13.3. The molecule has 1 amide bonds. The van der Waals surface area contributed by atoms with Crippen LogP contribution >= 0.6 is 0 Å². The summed E-state index contributed by atoms with van der Waals surface area (Å²) in [5.74, 6) is -2.80. The predicted molar refractivity (Wildman–Crippen MR) is 69.4 cm³/mol. The number of halogens is 2. The summed E-state index contributed by atoms with van der Waals surface area (Å²) in [6.07, 6.45) is 0.257. The molecule has 1 aliphatic rings. The first kappa shape index (κ1) is 16.1. The summed E-state index contributed by atoms with van der Waals surface area (Å²) in [5, 5.41) is 2.64. The number of ether oxygens (including phenoxy) is 1. The molecule has 4 nitrogen and oxygen atoms in total. The SMILES string of the molecule is CN[C@H]1[C@@H](N(C)C(=O)OC(C)(C)C)CCCC1(F)F. The predicted octanol–water partition coefficient (Wildman–Crippen LogP) is 2.63. The highest BCUT2D eigenvalue weighted by molar-refractivity contribution is 5.68. The maximum absolute atomic E-state index is 13.8. The zero-order chi connectivity index (χ0) is 14.8. The monoisotopic (exact) mass is 278 g/mol. The highest BCUT2D eigenvalue weighted by Crippen LogP contribution is 2.35.